The molecule has 2 aromatic heterocycles. The van der Waals surface area contributed by atoms with E-state index in [2.05, 4.69) is 10.2 Å². The van der Waals surface area contributed by atoms with Gasteiger partial charge in [0.25, 0.3) is 15.9 Å². The summed E-state index contributed by atoms with van der Waals surface area (Å²) < 4.78 is 36.7. The molecule has 7 nitrogen and oxygen atoms in total. The first-order valence-corrected chi connectivity index (χ1v) is 8.69. The zero-order valence-corrected chi connectivity index (χ0v) is 14.1. The molecule has 0 unspecified atom stereocenters. The van der Waals surface area contributed by atoms with Crippen LogP contribution in [0.3, 0.4) is 0 Å². The predicted molar refractivity (Wildman–Crippen MR) is 80.8 cm³/mol. The van der Waals surface area contributed by atoms with Crippen LogP contribution >= 0.6 is 0 Å². The highest BCUT2D eigenvalue weighted by Crippen LogP contribution is 2.26. The zero-order chi connectivity index (χ0) is 16.3. The van der Waals surface area contributed by atoms with Crippen molar-refractivity contribution in [2.75, 3.05) is 13.6 Å². The number of rotatable bonds is 7. The number of nitrogens with zero attached hydrogens (tertiary/aromatic N) is 3. The Kier molecular flexibility index (Phi) is 5.02. The van der Waals surface area contributed by atoms with Crippen molar-refractivity contribution in [3.63, 3.8) is 0 Å². The molecule has 2 aromatic rings. The van der Waals surface area contributed by atoms with Crippen molar-refractivity contribution in [3.05, 3.63) is 18.2 Å². The first-order chi connectivity index (χ1) is 10.4. The summed E-state index contributed by atoms with van der Waals surface area (Å²) in [5, 5.41) is 7.71. The number of hydrogen-bond acceptors (Lipinski definition) is 6. The highest BCUT2D eigenvalue weighted by atomic mass is 32.2. The fourth-order valence-electron chi connectivity index (χ4n) is 1.80. The molecule has 2 rings (SSSR count). The summed E-state index contributed by atoms with van der Waals surface area (Å²) >= 11 is 0. The van der Waals surface area contributed by atoms with Gasteiger partial charge in [-0.1, -0.05) is 27.2 Å². The Morgan fingerprint density at radius 3 is 2.64 bits per heavy atom. The summed E-state index contributed by atoms with van der Waals surface area (Å²) in [6.45, 7) is 6.33. The molecular weight excluding hydrogens is 306 g/mol. The molecule has 0 aliphatic carbocycles. The Morgan fingerprint density at radius 2 is 2.05 bits per heavy atom. The third kappa shape index (κ3) is 3.38. The van der Waals surface area contributed by atoms with E-state index in [1.165, 1.54) is 23.7 Å². The number of aromatic nitrogens is 2. The van der Waals surface area contributed by atoms with E-state index in [0.29, 0.717) is 18.0 Å². The first-order valence-electron chi connectivity index (χ1n) is 7.25. The summed E-state index contributed by atoms with van der Waals surface area (Å²) in [5.41, 5.74) is 0.460. The van der Waals surface area contributed by atoms with E-state index in [-0.39, 0.29) is 16.9 Å². The molecule has 122 valence electrons. The second-order valence-corrected chi connectivity index (χ2v) is 7.41. The molecule has 0 spiro atoms. The van der Waals surface area contributed by atoms with E-state index in [9.17, 15) is 8.42 Å². The second-order valence-electron chi connectivity index (χ2n) is 5.43. The quantitative estimate of drug-likeness (QED) is 0.777. The molecule has 0 bridgehead atoms. The SMILES string of the molecule is CCCCN(C)S(=O)(=O)c1cc(-c2nnc(C(C)C)o2)co1. The molecule has 0 saturated carbocycles. The average Bonchev–Trinajstić information content (AvgIpc) is 3.12. The number of hydrogen-bond donors (Lipinski definition) is 0. The van der Waals surface area contributed by atoms with Crippen LogP contribution in [-0.4, -0.2) is 36.5 Å². The van der Waals surface area contributed by atoms with E-state index in [1.54, 1.807) is 0 Å². The third-order valence-corrected chi connectivity index (χ3v) is 4.97. The van der Waals surface area contributed by atoms with Crippen LogP contribution in [0.5, 0.6) is 0 Å². The molecule has 8 heteroatoms. The van der Waals surface area contributed by atoms with Crippen LogP contribution in [0.2, 0.25) is 0 Å². The summed E-state index contributed by atoms with van der Waals surface area (Å²) in [5.74, 6) is 0.863. The van der Waals surface area contributed by atoms with Gasteiger partial charge in [0, 0.05) is 25.6 Å². The minimum atomic E-state index is -3.63. The van der Waals surface area contributed by atoms with Gasteiger partial charge in [0.15, 0.2) is 0 Å². The molecule has 0 amide bonds. The summed E-state index contributed by atoms with van der Waals surface area (Å²) in [4.78, 5) is 0. The highest BCUT2D eigenvalue weighted by Gasteiger charge is 2.25. The summed E-state index contributed by atoms with van der Waals surface area (Å²) in [7, 11) is -2.09. The van der Waals surface area contributed by atoms with E-state index < -0.39 is 10.0 Å². The molecule has 0 atom stereocenters. The second kappa shape index (κ2) is 6.62. The van der Waals surface area contributed by atoms with Crippen LogP contribution in [-0.2, 0) is 10.0 Å². The van der Waals surface area contributed by atoms with Crippen molar-refractivity contribution in [1.29, 1.82) is 0 Å². The normalized spacial score (nSPS) is 12.5. The maximum absolute atomic E-state index is 12.4. The van der Waals surface area contributed by atoms with Gasteiger partial charge >= 0.3 is 0 Å². The molecule has 0 aliphatic rings. The van der Waals surface area contributed by atoms with Gasteiger partial charge < -0.3 is 8.83 Å². The summed E-state index contributed by atoms with van der Waals surface area (Å²) in [6.07, 6.45) is 3.03. The monoisotopic (exact) mass is 327 g/mol. The van der Waals surface area contributed by atoms with Crippen molar-refractivity contribution < 1.29 is 17.3 Å². The largest absolute Gasteiger partial charge is 0.451 e. The van der Waals surface area contributed by atoms with E-state index in [0.717, 1.165) is 12.8 Å². The van der Waals surface area contributed by atoms with Crippen LogP contribution in [0.25, 0.3) is 11.5 Å². The van der Waals surface area contributed by atoms with Crippen molar-refractivity contribution in [2.24, 2.45) is 0 Å². The van der Waals surface area contributed by atoms with Gasteiger partial charge in [-0.05, 0) is 6.42 Å². The van der Waals surface area contributed by atoms with Gasteiger partial charge in [-0.3, -0.25) is 0 Å². The predicted octanol–water partition coefficient (Wildman–Crippen LogP) is 2.87. The minimum Gasteiger partial charge on any atom is -0.451 e. The Labute approximate surface area is 130 Å². The number of furan rings is 1. The van der Waals surface area contributed by atoms with Crippen LogP contribution in [0.4, 0.5) is 0 Å². The maximum atomic E-state index is 12.4. The topological polar surface area (TPSA) is 89.4 Å². The number of unbranched alkanes of at least 4 members (excludes halogenated alkanes) is 1. The Morgan fingerprint density at radius 1 is 1.32 bits per heavy atom. The van der Waals surface area contributed by atoms with Gasteiger partial charge in [0.2, 0.25) is 11.0 Å². The van der Waals surface area contributed by atoms with Crippen molar-refractivity contribution in [3.8, 4) is 11.5 Å². The van der Waals surface area contributed by atoms with Gasteiger partial charge in [-0.25, -0.2) is 8.42 Å². The standard InChI is InChI=1S/C14H21N3O4S/c1-5-6-7-17(4)22(18,19)12-8-11(9-20-12)14-16-15-13(21-14)10(2)3/h8-10H,5-7H2,1-4H3. The minimum absolute atomic E-state index is 0.108. The molecule has 0 aliphatic heterocycles. The summed E-state index contributed by atoms with van der Waals surface area (Å²) in [6, 6.07) is 1.41. The van der Waals surface area contributed by atoms with Crippen molar-refractivity contribution in [1.82, 2.24) is 14.5 Å². The van der Waals surface area contributed by atoms with Crippen LogP contribution in [0.15, 0.2) is 26.3 Å². The van der Waals surface area contributed by atoms with Gasteiger partial charge in [-0.15, -0.1) is 10.2 Å². The molecular formula is C14H21N3O4S. The van der Waals surface area contributed by atoms with Gasteiger partial charge in [0.05, 0.1) is 5.56 Å². The lowest BCUT2D eigenvalue weighted by Gasteiger charge is -2.14. The zero-order valence-electron chi connectivity index (χ0n) is 13.2. The van der Waals surface area contributed by atoms with E-state index >= 15 is 0 Å². The first kappa shape index (κ1) is 16.7. The Balaban J connectivity index is 2.23. The van der Waals surface area contributed by atoms with E-state index in [4.69, 9.17) is 8.83 Å². The van der Waals surface area contributed by atoms with Crippen LogP contribution in [0, 0.1) is 0 Å². The lowest BCUT2D eigenvalue weighted by atomic mass is 10.2. The van der Waals surface area contributed by atoms with Crippen molar-refractivity contribution in [2.45, 2.75) is 44.6 Å². The van der Waals surface area contributed by atoms with Gasteiger partial charge in [0.1, 0.15) is 6.26 Å². The fourth-order valence-corrected chi connectivity index (χ4v) is 2.93. The molecule has 0 saturated heterocycles. The van der Waals surface area contributed by atoms with Gasteiger partial charge in [-0.2, -0.15) is 4.31 Å². The Hall–Kier alpha value is -1.67. The molecule has 0 radical (unpaired) electrons. The van der Waals surface area contributed by atoms with E-state index in [1.807, 2.05) is 20.8 Å². The molecule has 0 aromatic carbocycles. The lowest BCUT2D eigenvalue weighted by molar-refractivity contribution is 0.405. The molecule has 22 heavy (non-hydrogen) atoms. The fraction of sp³-hybridized carbons (Fsp3) is 0.571. The number of sulfonamides is 1. The molecule has 0 fully saturated rings. The molecule has 0 N–H and O–H groups in total. The molecule has 2 heterocycles. The third-order valence-electron chi connectivity index (χ3n) is 3.25. The average molecular weight is 327 g/mol. The van der Waals surface area contributed by atoms with Crippen LogP contribution in [0.1, 0.15) is 45.4 Å². The van der Waals surface area contributed by atoms with Crippen LogP contribution < -0.4 is 0 Å². The highest BCUT2D eigenvalue weighted by molar-refractivity contribution is 7.89. The Bertz CT molecular complexity index is 718. The lowest BCUT2D eigenvalue weighted by Crippen LogP contribution is -2.27. The van der Waals surface area contributed by atoms with Crippen molar-refractivity contribution >= 4 is 10.0 Å². The smallest absolute Gasteiger partial charge is 0.276 e. The maximum Gasteiger partial charge on any atom is 0.276 e.